The number of carbonyl (C=O) groups is 1. The number of methoxy groups -OCH3 is 3. The van der Waals surface area contributed by atoms with E-state index in [0.29, 0.717) is 24.5 Å². The largest absolute Gasteiger partial charge is 0.497 e. The summed E-state index contributed by atoms with van der Waals surface area (Å²) < 4.78 is 15.7. The zero-order chi connectivity index (χ0) is 20.3. The third kappa shape index (κ3) is 3.89. The Hall–Kier alpha value is -2.80. The normalized spacial score (nSPS) is 19.0. The minimum absolute atomic E-state index is 0.0881. The fraction of sp³-hybridized carbons (Fsp3) is 0.429. The highest BCUT2D eigenvalue weighted by atomic mass is 16.5. The van der Waals surface area contributed by atoms with E-state index in [1.807, 2.05) is 31.1 Å². The lowest BCUT2D eigenvalue weighted by Gasteiger charge is -2.25. The maximum Gasteiger partial charge on any atom is 0.259 e. The van der Waals surface area contributed by atoms with E-state index in [0.717, 1.165) is 5.75 Å². The first-order valence-electron chi connectivity index (χ1n) is 9.17. The van der Waals surface area contributed by atoms with Gasteiger partial charge in [-0.05, 0) is 37.9 Å². The molecule has 1 aliphatic rings. The van der Waals surface area contributed by atoms with Gasteiger partial charge >= 0.3 is 0 Å². The van der Waals surface area contributed by atoms with Gasteiger partial charge in [-0.2, -0.15) is 4.98 Å². The Balaban J connectivity index is 1.86. The van der Waals surface area contributed by atoms with Gasteiger partial charge in [0.2, 0.25) is 11.8 Å². The van der Waals surface area contributed by atoms with Crippen LogP contribution in [0.15, 0.2) is 36.4 Å². The maximum absolute atomic E-state index is 13.2. The second kappa shape index (κ2) is 8.48. The van der Waals surface area contributed by atoms with Crippen molar-refractivity contribution in [3.05, 3.63) is 47.5 Å². The van der Waals surface area contributed by atoms with Crippen molar-refractivity contribution in [1.82, 2.24) is 14.8 Å². The summed E-state index contributed by atoms with van der Waals surface area (Å²) in [7, 11) is 8.79. The third-order valence-electron chi connectivity index (χ3n) is 5.25. The molecule has 0 radical (unpaired) electrons. The van der Waals surface area contributed by atoms with Gasteiger partial charge in [-0.1, -0.05) is 12.1 Å². The van der Waals surface area contributed by atoms with E-state index in [1.165, 1.54) is 19.8 Å². The van der Waals surface area contributed by atoms with Gasteiger partial charge in [0.05, 0.1) is 21.3 Å². The van der Waals surface area contributed by atoms with Crippen molar-refractivity contribution in [2.45, 2.75) is 12.0 Å². The molecule has 150 valence electrons. The Kier molecular flexibility index (Phi) is 6.04. The number of benzene rings is 1. The third-order valence-corrected chi connectivity index (χ3v) is 5.25. The van der Waals surface area contributed by atoms with Gasteiger partial charge in [0, 0.05) is 31.1 Å². The zero-order valence-electron chi connectivity index (χ0n) is 17.0. The average molecular weight is 385 g/mol. The highest BCUT2D eigenvalue weighted by molar-refractivity contribution is 5.96. The molecule has 2 atom stereocenters. The summed E-state index contributed by atoms with van der Waals surface area (Å²) in [5, 5.41) is 0. The van der Waals surface area contributed by atoms with E-state index < -0.39 is 0 Å². The van der Waals surface area contributed by atoms with Crippen LogP contribution in [0.3, 0.4) is 0 Å². The van der Waals surface area contributed by atoms with Gasteiger partial charge in [-0.3, -0.25) is 4.79 Å². The van der Waals surface area contributed by atoms with Gasteiger partial charge in [0.25, 0.3) is 5.91 Å². The van der Waals surface area contributed by atoms with Crippen molar-refractivity contribution in [2.24, 2.45) is 0 Å². The molecule has 0 spiro atoms. The Bertz CT molecular complexity index is 823. The van der Waals surface area contributed by atoms with Gasteiger partial charge in [-0.25, -0.2) is 0 Å². The summed E-state index contributed by atoms with van der Waals surface area (Å²) >= 11 is 0. The van der Waals surface area contributed by atoms with Crippen LogP contribution in [-0.2, 0) is 0 Å². The van der Waals surface area contributed by atoms with Crippen molar-refractivity contribution in [1.29, 1.82) is 0 Å². The molecule has 0 aliphatic carbocycles. The summed E-state index contributed by atoms with van der Waals surface area (Å²) in [6.07, 6.45) is 0. The van der Waals surface area contributed by atoms with E-state index >= 15 is 0 Å². The zero-order valence-corrected chi connectivity index (χ0v) is 17.0. The topological polar surface area (TPSA) is 64.1 Å². The Morgan fingerprint density at radius 2 is 1.71 bits per heavy atom. The predicted octanol–water partition coefficient (Wildman–Crippen LogP) is 2.28. The standard InChI is InChI=1S/C21H27N3O4/c1-23(2)18-13-24(12-17(18)14-6-8-15(26-3)9-7-14)21(25)16-10-11-19(27-4)22-20(16)28-5/h6-11,17-18H,12-13H2,1-5H3/t17-,18+/m0/s1. The van der Waals surface area contributed by atoms with Crippen LogP contribution in [0.5, 0.6) is 17.5 Å². The van der Waals surface area contributed by atoms with E-state index in [-0.39, 0.29) is 23.7 Å². The average Bonchev–Trinajstić information content (AvgIpc) is 3.18. The molecule has 28 heavy (non-hydrogen) atoms. The lowest BCUT2D eigenvalue weighted by Crippen LogP contribution is -2.36. The van der Waals surface area contributed by atoms with Crippen LogP contribution < -0.4 is 14.2 Å². The quantitative estimate of drug-likeness (QED) is 0.760. The first-order valence-corrected chi connectivity index (χ1v) is 9.17. The molecule has 1 aromatic carbocycles. The number of aromatic nitrogens is 1. The van der Waals surface area contributed by atoms with Crippen molar-refractivity contribution in [2.75, 3.05) is 48.5 Å². The fourth-order valence-electron chi connectivity index (χ4n) is 3.68. The van der Waals surface area contributed by atoms with Crippen LogP contribution in [0.25, 0.3) is 0 Å². The molecule has 1 saturated heterocycles. The van der Waals surface area contributed by atoms with Crippen molar-refractivity contribution in [3.63, 3.8) is 0 Å². The Morgan fingerprint density at radius 3 is 2.29 bits per heavy atom. The van der Waals surface area contributed by atoms with Gasteiger partial charge in [0.1, 0.15) is 11.3 Å². The number of amides is 1. The summed E-state index contributed by atoms with van der Waals surface area (Å²) in [6.45, 7) is 1.26. The molecule has 0 N–H and O–H groups in total. The molecule has 2 aromatic rings. The molecule has 0 saturated carbocycles. The molecule has 1 aromatic heterocycles. The van der Waals surface area contributed by atoms with Crippen LogP contribution >= 0.6 is 0 Å². The van der Waals surface area contributed by atoms with Gasteiger partial charge in [0.15, 0.2) is 0 Å². The minimum atomic E-state index is -0.0881. The first kappa shape index (κ1) is 19.9. The summed E-state index contributed by atoms with van der Waals surface area (Å²) in [5.41, 5.74) is 1.63. The molecule has 3 rings (SSSR count). The van der Waals surface area contributed by atoms with Gasteiger partial charge in [-0.15, -0.1) is 0 Å². The smallest absolute Gasteiger partial charge is 0.259 e. The van der Waals surface area contributed by atoms with E-state index in [4.69, 9.17) is 14.2 Å². The Labute approximate surface area is 165 Å². The number of hydrogen-bond acceptors (Lipinski definition) is 6. The van der Waals surface area contributed by atoms with Gasteiger partial charge < -0.3 is 24.0 Å². The second-order valence-electron chi connectivity index (χ2n) is 7.03. The van der Waals surface area contributed by atoms with E-state index in [9.17, 15) is 4.79 Å². The SMILES string of the molecule is COc1ccc([C@@H]2CN(C(=O)c3ccc(OC)nc3OC)C[C@H]2N(C)C)cc1. The van der Waals surface area contributed by atoms with E-state index in [1.54, 1.807) is 19.2 Å². The number of nitrogens with zero attached hydrogens (tertiary/aromatic N) is 3. The molecule has 0 bridgehead atoms. The van der Waals surface area contributed by atoms with Crippen molar-refractivity contribution in [3.8, 4) is 17.5 Å². The molecule has 2 heterocycles. The van der Waals surface area contributed by atoms with Crippen LogP contribution in [0.2, 0.25) is 0 Å². The number of hydrogen-bond donors (Lipinski definition) is 0. The molecular weight excluding hydrogens is 358 g/mol. The van der Waals surface area contributed by atoms with Crippen LogP contribution in [0, 0.1) is 0 Å². The van der Waals surface area contributed by atoms with Crippen LogP contribution in [0.1, 0.15) is 21.8 Å². The Morgan fingerprint density at radius 1 is 1.00 bits per heavy atom. The number of carbonyl (C=O) groups excluding carboxylic acids is 1. The molecule has 1 amide bonds. The number of likely N-dealkylation sites (N-methyl/N-ethyl adjacent to an activating group) is 1. The number of rotatable bonds is 6. The van der Waals surface area contributed by atoms with E-state index in [2.05, 4.69) is 22.0 Å². The number of ether oxygens (including phenoxy) is 3. The second-order valence-corrected chi connectivity index (χ2v) is 7.03. The monoisotopic (exact) mass is 385 g/mol. The minimum Gasteiger partial charge on any atom is -0.497 e. The highest BCUT2D eigenvalue weighted by Gasteiger charge is 2.38. The molecule has 0 unspecified atom stereocenters. The first-order chi connectivity index (χ1) is 13.5. The number of likely N-dealkylation sites (tertiary alicyclic amines) is 1. The van der Waals surface area contributed by atoms with Crippen LogP contribution in [0.4, 0.5) is 0 Å². The maximum atomic E-state index is 13.2. The molecule has 7 heteroatoms. The summed E-state index contributed by atoms with van der Waals surface area (Å²) in [4.78, 5) is 21.5. The fourth-order valence-corrected chi connectivity index (χ4v) is 3.68. The lowest BCUT2D eigenvalue weighted by molar-refractivity contribution is 0.0778. The summed E-state index contributed by atoms with van der Waals surface area (Å²) in [5.74, 6) is 1.64. The number of pyridine rings is 1. The highest BCUT2D eigenvalue weighted by Crippen LogP contribution is 2.33. The lowest BCUT2D eigenvalue weighted by atomic mass is 9.93. The van der Waals surface area contributed by atoms with Crippen LogP contribution in [-0.4, -0.2) is 75.2 Å². The summed E-state index contributed by atoms with van der Waals surface area (Å²) in [6, 6.07) is 11.7. The predicted molar refractivity (Wildman–Crippen MR) is 106 cm³/mol. The molecule has 7 nitrogen and oxygen atoms in total. The molecular formula is C21H27N3O4. The van der Waals surface area contributed by atoms with Crippen molar-refractivity contribution < 1.29 is 19.0 Å². The molecule has 1 aliphatic heterocycles. The molecule has 1 fully saturated rings. The van der Waals surface area contributed by atoms with Crippen molar-refractivity contribution >= 4 is 5.91 Å².